The van der Waals surface area contributed by atoms with Crippen LogP contribution < -0.4 is 10.6 Å². The molecule has 5 nitrogen and oxygen atoms in total. The van der Waals surface area contributed by atoms with Gasteiger partial charge in [0.05, 0.1) is 6.61 Å². The Morgan fingerprint density at radius 3 is 2.55 bits per heavy atom. The van der Waals surface area contributed by atoms with E-state index < -0.39 is 25.3 Å². The first-order valence-electron chi connectivity index (χ1n) is 6.48. The van der Waals surface area contributed by atoms with Crippen LogP contribution in [0.4, 0.5) is 13.2 Å². The van der Waals surface area contributed by atoms with Crippen LogP contribution in [0.25, 0.3) is 0 Å². The summed E-state index contributed by atoms with van der Waals surface area (Å²) in [7, 11) is 1.60. The summed E-state index contributed by atoms with van der Waals surface area (Å²) in [4.78, 5) is 11.5. The zero-order valence-corrected chi connectivity index (χ0v) is 11.5. The zero-order chi connectivity index (χ0) is 15.1. The molecule has 1 aliphatic rings. The van der Waals surface area contributed by atoms with Gasteiger partial charge in [-0.15, -0.1) is 0 Å². The summed E-state index contributed by atoms with van der Waals surface area (Å²) in [6, 6.07) is 0. The molecule has 1 heterocycles. The number of amides is 1. The molecular weight excluding hydrogens is 277 g/mol. The summed E-state index contributed by atoms with van der Waals surface area (Å²) >= 11 is 0. The second kappa shape index (κ2) is 7.80. The smallest absolute Gasteiger partial charge is 0.384 e. The summed E-state index contributed by atoms with van der Waals surface area (Å²) in [5.74, 6) is -0.539. The Kier molecular flexibility index (Phi) is 6.70. The van der Waals surface area contributed by atoms with Crippen molar-refractivity contribution in [2.75, 3.05) is 46.6 Å². The second-order valence-corrected chi connectivity index (χ2v) is 5.07. The highest BCUT2D eigenvalue weighted by atomic mass is 19.4. The molecule has 0 radical (unpaired) electrons. The third kappa shape index (κ3) is 6.53. The SMILES string of the molecule is COCC1(CNC(=O)COCC(F)(F)F)CCNCC1. The number of nitrogens with one attached hydrogen (secondary N) is 2. The lowest BCUT2D eigenvalue weighted by Crippen LogP contribution is -2.47. The minimum absolute atomic E-state index is 0.153. The molecule has 0 saturated carbocycles. The van der Waals surface area contributed by atoms with E-state index >= 15 is 0 Å². The summed E-state index contributed by atoms with van der Waals surface area (Å²) in [6.45, 7) is 0.580. The van der Waals surface area contributed by atoms with Gasteiger partial charge in [0.25, 0.3) is 0 Å². The maximum atomic E-state index is 11.9. The number of rotatable bonds is 7. The van der Waals surface area contributed by atoms with Crippen molar-refractivity contribution in [1.29, 1.82) is 0 Å². The van der Waals surface area contributed by atoms with Gasteiger partial charge in [-0.1, -0.05) is 0 Å². The van der Waals surface area contributed by atoms with Gasteiger partial charge in [-0.2, -0.15) is 13.2 Å². The molecule has 0 atom stereocenters. The van der Waals surface area contributed by atoms with Crippen LogP contribution in [0.2, 0.25) is 0 Å². The molecule has 0 spiro atoms. The van der Waals surface area contributed by atoms with E-state index in [-0.39, 0.29) is 5.41 Å². The summed E-state index contributed by atoms with van der Waals surface area (Å²) in [5.41, 5.74) is -0.153. The lowest BCUT2D eigenvalue weighted by atomic mass is 9.79. The number of alkyl halides is 3. The predicted molar refractivity (Wildman–Crippen MR) is 66.3 cm³/mol. The number of hydrogen-bond acceptors (Lipinski definition) is 4. The number of ether oxygens (including phenoxy) is 2. The third-order valence-corrected chi connectivity index (χ3v) is 3.27. The Balaban J connectivity index is 2.30. The standard InChI is InChI=1S/C12H21F3N2O3/c1-19-8-11(2-4-16-5-3-11)7-17-10(18)6-20-9-12(13,14)15/h16H,2-9H2,1H3,(H,17,18). The van der Waals surface area contributed by atoms with Crippen molar-refractivity contribution < 1.29 is 27.4 Å². The van der Waals surface area contributed by atoms with Crippen molar-refractivity contribution in [2.24, 2.45) is 5.41 Å². The predicted octanol–water partition coefficient (Wildman–Crippen LogP) is 0.698. The van der Waals surface area contributed by atoms with E-state index in [1.807, 2.05) is 0 Å². The van der Waals surface area contributed by atoms with Crippen LogP contribution in [0, 0.1) is 5.41 Å². The molecule has 20 heavy (non-hydrogen) atoms. The first-order valence-corrected chi connectivity index (χ1v) is 6.48. The minimum atomic E-state index is -4.41. The van der Waals surface area contributed by atoms with Crippen molar-refractivity contribution in [2.45, 2.75) is 19.0 Å². The molecule has 0 aromatic carbocycles. The Bertz CT molecular complexity index is 299. The molecule has 0 aromatic rings. The van der Waals surface area contributed by atoms with Crippen molar-refractivity contribution in [1.82, 2.24) is 10.6 Å². The maximum Gasteiger partial charge on any atom is 0.411 e. The quantitative estimate of drug-likeness (QED) is 0.726. The molecule has 2 N–H and O–H groups in total. The van der Waals surface area contributed by atoms with E-state index in [1.54, 1.807) is 7.11 Å². The molecule has 1 aliphatic heterocycles. The van der Waals surface area contributed by atoms with Gasteiger partial charge >= 0.3 is 6.18 Å². The summed E-state index contributed by atoms with van der Waals surface area (Å²) in [5, 5.41) is 5.84. The van der Waals surface area contributed by atoms with Crippen LogP contribution >= 0.6 is 0 Å². The molecule has 118 valence electrons. The lowest BCUT2D eigenvalue weighted by Gasteiger charge is -2.37. The monoisotopic (exact) mass is 298 g/mol. The lowest BCUT2D eigenvalue weighted by molar-refractivity contribution is -0.175. The highest BCUT2D eigenvalue weighted by Crippen LogP contribution is 2.28. The molecule has 8 heteroatoms. The van der Waals surface area contributed by atoms with E-state index in [4.69, 9.17) is 4.74 Å². The molecular formula is C12H21F3N2O3. The van der Waals surface area contributed by atoms with Crippen LogP contribution in [0.15, 0.2) is 0 Å². The summed E-state index contributed by atoms with van der Waals surface area (Å²) < 4.78 is 45.1. The molecule has 1 fully saturated rings. The number of carbonyl (C=O) groups excluding carboxylic acids is 1. The fraction of sp³-hybridized carbons (Fsp3) is 0.917. The van der Waals surface area contributed by atoms with Gasteiger partial charge in [-0.25, -0.2) is 0 Å². The topological polar surface area (TPSA) is 59.6 Å². The van der Waals surface area contributed by atoms with Gasteiger partial charge in [0, 0.05) is 19.1 Å². The maximum absolute atomic E-state index is 11.9. The molecule has 0 unspecified atom stereocenters. The minimum Gasteiger partial charge on any atom is -0.384 e. The van der Waals surface area contributed by atoms with Crippen LogP contribution in [-0.4, -0.2) is 58.6 Å². The highest BCUT2D eigenvalue weighted by Gasteiger charge is 2.32. The fourth-order valence-electron chi connectivity index (χ4n) is 2.23. The van der Waals surface area contributed by atoms with E-state index in [1.165, 1.54) is 0 Å². The van der Waals surface area contributed by atoms with Crippen molar-refractivity contribution >= 4 is 5.91 Å². The Morgan fingerprint density at radius 1 is 1.35 bits per heavy atom. The third-order valence-electron chi connectivity index (χ3n) is 3.27. The van der Waals surface area contributed by atoms with E-state index in [0.29, 0.717) is 13.2 Å². The number of halogens is 3. The van der Waals surface area contributed by atoms with Crippen LogP contribution in [-0.2, 0) is 14.3 Å². The van der Waals surface area contributed by atoms with Crippen molar-refractivity contribution in [3.8, 4) is 0 Å². The molecule has 1 rings (SSSR count). The molecule has 0 aromatic heterocycles. The van der Waals surface area contributed by atoms with Crippen molar-refractivity contribution in [3.05, 3.63) is 0 Å². The normalized spacial score (nSPS) is 18.8. The molecule has 1 amide bonds. The van der Waals surface area contributed by atoms with E-state index in [0.717, 1.165) is 25.9 Å². The van der Waals surface area contributed by atoms with Gasteiger partial charge in [-0.3, -0.25) is 4.79 Å². The summed E-state index contributed by atoms with van der Waals surface area (Å²) in [6.07, 6.45) is -2.71. The molecule has 0 aliphatic carbocycles. The Morgan fingerprint density at radius 2 is 2.00 bits per heavy atom. The van der Waals surface area contributed by atoms with Gasteiger partial charge in [0.15, 0.2) is 0 Å². The Labute approximate surface area is 116 Å². The molecule has 1 saturated heterocycles. The van der Waals surface area contributed by atoms with E-state index in [9.17, 15) is 18.0 Å². The number of carbonyl (C=O) groups is 1. The first-order chi connectivity index (χ1) is 9.37. The number of piperidine rings is 1. The van der Waals surface area contributed by atoms with Crippen LogP contribution in [0.3, 0.4) is 0 Å². The fourth-order valence-corrected chi connectivity index (χ4v) is 2.23. The van der Waals surface area contributed by atoms with Gasteiger partial charge in [-0.05, 0) is 25.9 Å². The average molecular weight is 298 g/mol. The average Bonchev–Trinajstić information content (AvgIpc) is 2.36. The zero-order valence-electron chi connectivity index (χ0n) is 11.5. The van der Waals surface area contributed by atoms with Crippen molar-refractivity contribution in [3.63, 3.8) is 0 Å². The first kappa shape index (κ1) is 17.2. The second-order valence-electron chi connectivity index (χ2n) is 5.07. The van der Waals surface area contributed by atoms with Gasteiger partial charge in [0.1, 0.15) is 13.2 Å². The number of methoxy groups -OCH3 is 1. The van der Waals surface area contributed by atoms with Gasteiger partial charge in [0.2, 0.25) is 5.91 Å². The highest BCUT2D eigenvalue weighted by molar-refractivity contribution is 5.77. The van der Waals surface area contributed by atoms with E-state index in [2.05, 4.69) is 15.4 Å². The largest absolute Gasteiger partial charge is 0.411 e. The van der Waals surface area contributed by atoms with Gasteiger partial charge < -0.3 is 20.1 Å². The van der Waals surface area contributed by atoms with Crippen LogP contribution in [0.5, 0.6) is 0 Å². The van der Waals surface area contributed by atoms with Crippen LogP contribution in [0.1, 0.15) is 12.8 Å². The Hall–Kier alpha value is -0.860. The number of hydrogen-bond donors (Lipinski definition) is 2. The molecule has 0 bridgehead atoms.